The molecule has 1 amide bonds. The zero-order valence-corrected chi connectivity index (χ0v) is 15.6. The number of aromatic amines is 1. The summed E-state index contributed by atoms with van der Waals surface area (Å²) in [6, 6.07) is 19.5. The van der Waals surface area contributed by atoms with Crippen molar-refractivity contribution in [2.45, 2.75) is 13.0 Å². The predicted molar refractivity (Wildman–Crippen MR) is 109 cm³/mol. The van der Waals surface area contributed by atoms with Gasteiger partial charge in [-0.3, -0.25) is 4.79 Å². The molecule has 5 heteroatoms. The number of carbonyl (C=O) groups is 1. The summed E-state index contributed by atoms with van der Waals surface area (Å²) in [4.78, 5) is 16.9. The van der Waals surface area contributed by atoms with Gasteiger partial charge < -0.3 is 15.0 Å². The van der Waals surface area contributed by atoms with E-state index in [9.17, 15) is 4.79 Å². The molecular weight excluding hydrogens is 356 g/mol. The predicted octanol–water partition coefficient (Wildman–Crippen LogP) is 4.78. The molecule has 4 nitrogen and oxygen atoms in total. The first-order valence-corrected chi connectivity index (χ1v) is 9.76. The van der Waals surface area contributed by atoms with Crippen molar-refractivity contribution in [1.29, 1.82) is 0 Å². The average molecular weight is 376 g/mol. The zero-order chi connectivity index (χ0) is 18.5. The summed E-state index contributed by atoms with van der Waals surface area (Å²) in [5.74, 6) is 0.615. The minimum Gasteiger partial charge on any atom is -0.488 e. The van der Waals surface area contributed by atoms with Crippen LogP contribution in [0.25, 0.3) is 10.9 Å². The third kappa shape index (κ3) is 4.20. The summed E-state index contributed by atoms with van der Waals surface area (Å²) in [7, 11) is 0. The minimum atomic E-state index is -0.0867. The number of H-pyrrole nitrogens is 1. The molecule has 2 N–H and O–H groups in total. The van der Waals surface area contributed by atoms with E-state index in [2.05, 4.69) is 22.4 Å². The van der Waals surface area contributed by atoms with Crippen LogP contribution >= 0.6 is 11.3 Å². The molecule has 2 aromatic heterocycles. The van der Waals surface area contributed by atoms with Crippen LogP contribution < -0.4 is 10.1 Å². The molecule has 0 spiro atoms. The number of thiophene rings is 1. The number of rotatable bonds is 7. The molecule has 0 aliphatic heterocycles. The van der Waals surface area contributed by atoms with Crippen molar-refractivity contribution in [2.75, 3.05) is 6.54 Å². The van der Waals surface area contributed by atoms with Gasteiger partial charge in [-0.25, -0.2) is 0 Å². The number of amides is 1. The molecule has 136 valence electrons. The second kappa shape index (κ2) is 8.10. The molecular formula is C22H20N2O2S. The largest absolute Gasteiger partial charge is 0.488 e. The lowest BCUT2D eigenvalue weighted by molar-refractivity contribution is 0.0953. The molecule has 0 fully saturated rings. The highest BCUT2D eigenvalue weighted by Crippen LogP contribution is 2.19. The molecule has 0 saturated carbocycles. The van der Waals surface area contributed by atoms with Gasteiger partial charge in [0.1, 0.15) is 12.4 Å². The Balaban J connectivity index is 1.33. The molecule has 0 unspecified atom stereocenters. The molecule has 4 rings (SSSR count). The number of carbonyl (C=O) groups excluding carboxylic acids is 1. The van der Waals surface area contributed by atoms with Gasteiger partial charge >= 0.3 is 0 Å². The summed E-state index contributed by atoms with van der Waals surface area (Å²) >= 11 is 1.66. The van der Waals surface area contributed by atoms with Gasteiger partial charge in [0.05, 0.1) is 0 Å². The SMILES string of the molecule is O=C(NCCc1c[nH]c2ccccc12)c1cccc(OCc2cccs2)c1. The molecule has 2 aromatic carbocycles. The fourth-order valence-corrected chi connectivity index (χ4v) is 3.64. The molecule has 4 aromatic rings. The van der Waals surface area contributed by atoms with Gasteiger partial charge in [-0.15, -0.1) is 11.3 Å². The first kappa shape index (κ1) is 17.4. The van der Waals surface area contributed by atoms with Crippen LogP contribution in [0.15, 0.2) is 72.2 Å². The van der Waals surface area contributed by atoms with Gasteiger partial charge in [0.15, 0.2) is 0 Å². The maximum atomic E-state index is 12.4. The van der Waals surface area contributed by atoms with E-state index < -0.39 is 0 Å². The lowest BCUT2D eigenvalue weighted by Crippen LogP contribution is -2.25. The van der Waals surface area contributed by atoms with E-state index in [0.717, 1.165) is 16.8 Å². The summed E-state index contributed by atoms with van der Waals surface area (Å²) in [5.41, 5.74) is 2.94. The Bertz CT molecular complexity index is 1040. The van der Waals surface area contributed by atoms with Crippen LogP contribution in [0.2, 0.25) is 0 Å². The number of ether oxygens (including phenoxy) is 1. The third-order valence-corrected chi connectivity index (χ3v) is 5.26. The van der Waals surface area contributed by atoms with E-state index in [1.165, 1.54) is 10.9 Å². The molecule has 0 saturated heterocycles. The number of para-hydroxylation sites is 1. The maximum absolute atomic E-state index is 12.4. The fraction of sp³-hybridized carbons (Fsp3) is 0.136. The van der Waals surface area contributed by atoms with Gasteiger partial charge in [0.25, 0.3) is 5.91 Å². The van der Waals surface area contributed by atoms with Gasteiger partial charge in [-0.05, 0) is 47.7 Å². The van der Waals surface area contributed by atoms with Crippen molar-refractivity contribution >= 4 is 28.1 Å². The number of benzene rings is 2. The Kier molecular flexibility index (Phi) is 5.21. The summed E-state index contributed by atoms with van der Waals surface area (Å²) in [6.45, 7) is 1.10. The van der Waals surface area contributed by atoms with Crippen LogP contribution in [-0.4, -0.2) is 17.4 Å². The average Bonchev–Trinajstić information content (AvgIpc) is 3.37. The number of hydrogen-bond donors (Lipinski definition) is 2. The van der Waals surface area contributed by atoms with Crippen molar-refractivity contribution in [1.82, 2.24) is 10.3 Å². The minimum absolute atomic E-state index is 0.0867. The van der Waals surface area contributed by atoms with Crippen molar-refractivity contribution in [2.24, 2.45) is 0 Å². The van der Waals surface area contributed by atoms with E-state index in [0.29, 0.717) is 24.5 Å². The summed E-state index contributed by atoms with van der Waals surface area (Å²) in [5, 5.41) is 6.22. The normalized spacial score (nSPS) is 10.8. The Morgan fingerprint density at radius 1 is 1.07 bits per heavy atom. The Labute approximate surface area is 161 Å². The van der Waals surface area contributed by atoms with Gasteiger partial charge in [0, 0.05) is 34.1 Å². The molecule has 27 heavy (non-hydrogen) atoms. The smallest absolute Gasteiger partial charge is 0.251 e. The highest BCUT2D eigenvalue weighted by atomic mass is 32.1. The number of fused-ring (bicyclic) bond motifs is 1. The monoisotopic (exact) mass is 376 g/mol. The van der Waals surface area contributed by atoms with Gasteiger partial charge in [0.2, 0.25) is 0 Å². The quantitative estimate of drug-likeness (QED) is 0.488. The Morgan fingerprint density at radius 2 is 2.00 bits per heavy atom. The van der Waals surface area contributed by atoms with Crippen LogP contribution in [-0.2, 0) is 13.0 Å². The third-order valence-electron chi connectivity index (χ3n) is 4.41. The standard InChI is InChI=1S/C22H20N2O2S/c25-22(23-11-10-17-14-24-21-9-2-1-8-20(17)21)16-5-3-6-18(13-16)26-15-19-7-4-12-27-19/h1-9,12-14,24H,10-11,15H2,(H,23,25). The molecule has 0 aliphatic rings. The number of nitrogens with one attached hydrogen (secondary N) is 2. The van der Waals surface area contributed by atoms with E-state index >= 15 is 0 Å². The number of aromatic nitrogens is 1. The summed E-state index contributed by atoms with van der Waals surface area (Å²) in [6.07, 6.45) is 2.79. The van der Waals surface area contributed by atoms with E-state index in [4.69, 9.17) is 4.74 Å². The van der Waals surface area contributed by atoms with Crippen LogP contribution in [0.1, 0.15) is 20.8 Å². The molecule has 0 radical (unpaired) electrons. The Morgan fingerprint density at radius 3 is 2.89 bits per heavy atom. The van der Waals surface area contributed by atoms with E-state index in [1.807, 2.05) is 48.0 Å². The lowest BCUT2D eigenvalue weighted by Gasteiger charge is -2.08. The second-order valence-corrected chi connectivity index (χ2v) is 7.29. The number of hydrogen-bond acceptors (Lipinski definition) is 3. The van der Waals surface area contributed by atoms with Crippen molar-refractivity contribution in [3.05, 3.63) is 88.2 Å². The maximum Gasteiger partial charge on any atom is 0.251 e. The van der Waals surface area contributed by atoms with Crippen molar-refractivity contribution in [3.63, 3.8) is 0 Å². The first-order valence-electron chi connectivity index (χ1n) is 8.88. The molecule has 2 heterocycles. The molecule has 0 bridgehead atoms. The van der Waals surface area contributed by atoms with Crippen molar-refractivity contribution < 1.29 is 9.53 Å². The summed E-state index contributed by atoms with van der Waals surface area (Å²) < 4.78 is 5.78. The van der Waals surface area contributed by atoms with Crippen LogP contribution in [0.3, 0.4) is 0 Å². The zero-order valence-electron chi connectivity index (χ0n) is 14.8. The fourth-order valence-electron chi connectivity index (χ4n) is 3.03. The van der Waals surface area contributed by atoms with Gasteiger partial charge in [-0.2, -0.15) is 0 Å². The van der Waals surface area contributed by atoms with E-state index in [-0.39, 0.29) is 5.91 Å². The van der Waals surface area contributed by atoms with Gasteiger partial charge in [-0.1, -0.05) is 30.3 Å². The van der Waals surface area contributed by atoms with Crippen LogP contribution in [0.5, 0.6) is 5.75 Å². The Hall–Kier alpha value is -3.05. The van der Waals surface area contributed by atoms with Crippen molar-refractivity contribution in [3.8, 4) is 5.75 Å². The molecule has 0 atom stereocenters. The van der Waals surface area contributed by atoms with Crippen LogP contribution in [0, 0.1) is 0 Å². The van der Waals surface area contributed by atoms with E-state index in [1.54, 1.807) is 23.5 Å². The molecule has 0 aliphatic carbocycles. The first-order chi connectivity index (χ1) is 13.3. The second-order valence-electron chi connectivity index (χ2n) is 6.26. The highest BCUT2D eigenvalue weighted by molar-refractivity contribution is 7.09. The topological polar surface area (TPSA) is 54.1 Å². The highest BCUT2D eigenvalue weighted by Gasteiger charge is 2.08. The van der Waals surface area contributed by atoms with Crippen LogP contribution in [0.4, 0.5) is 0 Å². The lowest BCUT2D eigenvalue weighted by atomic mass is 10.1.